The molecule has 1 unspecified atom stereocenters. The van der Waals surface area contributed by atoms with Crippen LogP contribution < -0.4 is 0 Å². The summed E-state index contributed by atoms with van der Waals surface area (Å²) < 4.78 is 33.7. The molecule has 8 heavy (non-hydrogen) atoms. The number of allylic oxidation sites excluding steroid dienone is 1. The van der Waals surface area contributed by atoms with Gasteiger partial charge in [-0.1, -0.05) is 15.9 Å². The van der Waals surface area contributed by atoms with E-state index in [1.807, 2.05) is 0 Å². The zero-order chi connectivity index (χ0) is 6.57. The van der Waals surface area contributed by atoms with Crippen LogP contribution in [0.3, 0.4) is 0 Å². The number of rotatable bonds is 2. The third-order valence-electron chi connectivity index (χ3n) is 0.450. The van der Waals surface area contributed by atoms with Gasteiger partial charge >= 0.3 is 0 Å². The van der Waals surface area contributed by atoms with Gasteiger partial charge in [0.1, 0.15) is 0 Å². The third-order valence-corrected chi connectivity index (χ3v) is 0.824. The predicted octanol–water partition coefficient (Wildman–Crippen LogP) is 2.85. The molecule has 0 aromatic rings. The highest BCUT2D eigenvalue weighted by molar-refractivity contribution is 9.09. The van der Waals surface area contributed by atoms with Crippen LogP contribution in [0.15, 0.2) is 12.2 Å². The molecule has 0 aliphatic carbocycles. The van der Waals surface area contributed by atoms with Crippen LogP contribution in [0.25, 0.3) is 0 Å². The standard InChI is InChI=1S/C4H4BrF3/c5-3(6)1-2-4(7)8/h2-3H,1H2. The van der Waals surface area contributed by atoms with E-state index < -0.39 is 11.2 Å². The lowest BCUT2D eigenvalue weighted by molar-refractivity contribution is 0.406. The minimum atomic E-state index is -1.84. The SMILES string of the molecule is FC(F)=CCC(F)Br. The second-order valence-corrected chi connectivity index (χ2v) is 2.11. The minimum Gasteiger partial charge on any atom is -0.235 e. The van der Waals surface area contributed by atoms with Gasteiger partial charge in [0, 0.05) is 6.42 Å². The van der Waals surface area contributed by atoms with Gasteiger partial charge in [-0.2, -0.15) is 8.78 Å². The first-order valence-electron chi connectivity index (χ1n) is 1.92. The molecule has 0 amide bonds. The molecule has 0 aromatic heterocycles. The third kappa shape index (κ3) is 6.01. The molecule has 0 aliphatic heterocycles. The summed E-state index contributed by atoms with van der Waals surface area (Å²) in [6, 6.07) is 0. The maximum atomic E-state index is 11.6. The van der Waals surface area contributed by atoms with Crippen LogP contribution in [-0.2, 0) is 0 Å². The highest BCUT2D eigenvalue weighted by atomic mass is 79.9. The molecule has 4 heteroatoms. The van der Waals surface area contributed by atoms with Crippen molar-refractivity contribution in [3.8, 4) is 0 Å². The van der Waals surface area contributed by atoms with Crippen molar-refractivity contribution < 1.29 is 13.2 Å². The van der Waals surface area contributed by atoms with Crippen molar-refractivity contribution in [2.24, 2.45) is 0 Å². The number of hydrogen-bond acceptors (Lipinski definition) is 0. The first-order chi connectivity index (χ1) is 3.63. The van der Waals surface area contributed by atoms with Gasteiger partial charge < -0.3 is 0 Å². The fourth-order valence-electron chi connectivity index (χ4n) is 0.178. The van der Waals surface area contributed by atoms with Gasteiger partial charge in [0.2, 0.25) is 0 Å². The van der Waals surface area contributed by atoms with Crippen molar-refractivity contribution in [1.29, 1.82) is 0 Å². The van der Waals surface area contributed by atoms with E-state index in [0.29, 0.717) is 6.08 Å². The van der Waals surface area contributed by atoms with Crippen LogP contribution in [0.2, 0.25) is 0 Å². The fraction of sp³-hybridized carbons (Fsp3) is 0.500. The number of halogens is 4. The molecule has 1 atom stereocenters. The zero-order valence-corrected chi connectivity index (χ0v) is 5.46. The van der Waals surface area contributed by atoms with Crippen LogP contribution in [0.5, 0.6) is 0 Å². The van der Waals surface area contributed by atoms with Crippen molar-refractivity contribution in [3.63, 3.8) is 0 Å². The van der Waals surface area contributed by atoms with E-state index in [0.717, 1.165) is 0 Å². The predicted molar refractivity (Wildman–Crippen MR) is 28.7 cm³/mol. The van der Waals surface area contributed by atoms with Gasteiger partial charge in [-0.05, 0) is 6.08 Å². The van der Waals surface area contributed by atoms with Gasteiger partial charge in [-0.3, -0.25) is 0 Å². The van der Waals surface area contributed by atoms with Crippen molar-refractivity contribution >= 4 is 15.9 Å². The molecule has 0 saturated carbocycles. The van der Waals surface area contributed by atoms with Gasteiger partial charge in [0.05, 0.1) is 0 Å². The maximum Gasteiger partial charge on any atom is 0.266 e. The van der Waals surface area contributed by atoms with Crippen LogP contribution in [0.4, 0.5) is 13.2 Å². The molecule has 0 N–H and O–H groups in total. The molecule has 0 bridgehead atoms. The second-order valence-electron chi connectivity index (χ2n) is 1.12. The molecule has 0 nitrogen and oxygen atoms in total. The van der Waals surface area contributed by atoms with E-state index in [1.165, 1.54) is 0 Å². The number of hydrogen-bond donors (Lipinski definition) is 0. The molecule has 48 valence electrons. The fourth-order valence-corrected chi connectivity index (χ4v) is 0.365. The molecule has 0 heterocycles. The summed E-state index contributed by atoms with van der Waals surface area (Å²) in [5.74, 6) is 0. The molecule has 0 radical (unpaired) electrons. The molecule has 0 saturated heterocycles. The topological polar surface area (TPSA) is 0 Å². The Morgan fingerprint density at radius 1 is 1.62 bits per heavy atom. The lowest BCUT2D eigenvalue weighted by Crippen LogP contribution is -1.81. The summed E-state index contributed by atoms with van der Waals surface area (Å²) in [5.41, 5.74) is 0. The highest BCUT2D eigenvalue weighted by Gasteiger charge is 1.96. The number of alkyl halides is 2. The minimum absolute atomic E-state index is 0.275. The first kappa shape index (κ1) is 8.01. The highest BCUT2D eigenvalue weighted by Crippen LogP contribution is 2.09. The Morgan fingerprint density at radius 3 is 2.25 bits per heavy atom. The monoisotopic (exact) mass is 188 g/mol. The lowest BCUT2D eigenvalue weighted by Gasteiger charge is -1.87. The molecular weight excluding hydrogens is 185 g/mol. The summed E-state index contributed by atoms with van der Waals surface area (Å²) in [4.78, 5) is 0. The van der Waals surface area contributed by atoms with Crippen molar-refractivity contribution in [2.45, 2.75) is 11.5 Å². The molecule has 0 rings (SSSR count). The zero-order valence-electron chi connectivity index (χ0n) is 3.87. The van der Waals surface area contributed by atoms with Gasteiger partial charge in [-0.25, -0.2) is 4.39 Å². The molecule has 0 spiro atoms. The Kier molecular flexibility index (Phi) is 3.95. The molecular formula is C4H4BrF3. The van der Waals surface area contributed by atoms with E-state index in [9.17, 15) is 13.2 Å². The Labute approximate surface area is 53.5 Å². The van der Waals surface area contributed by atoms with E-state index in [4.69, 9.17) is 0 Å². The molecule has 0 fully saturated rings. The van der Waals surface area contributed by atoms with Crippen molar-refractivity contribution in [3.05, 3.63) is 12.2 Å². The average molecular weight is 189 g/mol. The molecule has 0 aliphatic rings. The molecule has 0 aromatic carbocycles. The first-order valence-corrected chi connectivity index (χ1v) is 2.84. The van der Waals surface area contributed by atoms with E-state index in [2.05, 4.69) is 15.9 Å². The largest absolute Gasteiger partial charge is 0.266 e. The van der Waals surface area contributed by atoms with Crippen LogP contribution >= 0.6 is 15.9 Å². The Hall–Kier alpha value is 0.01000. The van der Waals surface area contributed by atoms with E-state index in [1.54, 1.807) is 0 Å². The smallest absolute Gasteiger partial charge is 0.235 e. The summed E-state index contributed by atoms with van der Waals surface area (Å²) in [6.07, 6.45) is -1.59. The summed E-state index contributed by atoms with van der Waals surface area (Å²) in [7, 11) is 0. The maximum absolute atomic E-state index is 11.6. The van der Waals surface area contributed by atoms with Crippen LogP contribution in [0, 0.1) is 0 Å². The quantitative estimate of drug-likeness (QED) is 0.585. The van der Waals surface area contributed by atoms with Crippen LogP contribution in [0.1, 0.15) is 6.42 Å². The van der Waals surface area contributed by atoms with Gasteiger partial charge in [0.15, 0.2) is 5.08 Å². The van der Waals surface area contributed by atoms with Crippen molar-refractivity contribution in [2.75, 3.05) is 0 Å². The summed E-state index contributed by atoms with van der Waals surface area (Å²) in [5, 5.41) is -1.36. The van der Waals surface area contributed by atoms with Gasteiger partial charge in [-0.15, -0.1) is 0 Å². The summed E-state index contributed by atoms with van der Waals surface area (Å²) >= 11 is 2.46. The second kappa shape index (κ2) is 3.95. The Morgan fingerprint density at radius 2 is 2.12 bits per heavy atom. The van der Waals surface area contributed by atoms with E-state index >= 15 is 0 Å². The lowest BCUT2D eigenvalue weighted by atomic mass is 10.5. The van der Waals surface area contributed by atoms with Crippen LogP contribution in [-0.4, -0.2) is 5.08 Å². The Bertz CT molecular complexity index is 85.3. The van der Waals surface area contributed by atoms with Gasteiger partial charge in [0.25, 0.3) is 6.08 Å². The summed E-state index contributed by atoms with van der Waals surface area (Å²) in [6.45, 7) is 0. The van der Waals surface area contributed by atoms with Crippen molar-refractivity contribution in [1.82, 2.24) is 0 Å². The normalized spacial score (nSPS) is 13.0. The Balaban J connectivity index is 3.29. The van der Waals surface area contributed by atoms with E-state index in [-0.39, 0.29) is 6.42 Å². The average Bonchev–Trinajstić information content (AvgIpc) is 1.61.